The molecular weight excluding hydrogens is 433 g/mol. The number of nitrogens with one attached hydrogen (secondary N) is 1. The van der Waals surface area contributed by atoms with Crippen LogP contribution in [0.1, 0.15) is 32.7 Å². The van der Waals surface area contributed by atoms with Crippen molar-refractivity contribution in [3.8, 4) is 0 Å². The molecule has 0 saturated carbocycles. The molecular formula is C15H16Br2ClN3O. The van der Waals surface area contributed by atoms with E-state index in [1.54, 1.807) is 10.8 Å². The van der Waals surface area contributed by atoms with Gasteiger partial charge in [-0.25, -0.2) is 4.98 Å². The second-order valence-electron chi connectivity index (χ2n) is 4.84. The van der Waals surface area contributed by atoms with E-state index in [2.05, 4.69) is 42.2 Å². The zero-order valence-electron chi connectivity index (χ0n) is 12.2. The summed E-state index contributed by atoms with van der Waals surface area (Å²) in [7, 11) is 0. The molecule has 118 valence electrons. The van der Waals surface area contributed by atoms with Gasteiger partial charge >= 0.3 is 0 Å². The summed E-state index contributed by atoms with van der Waals surface area (Å²) in [4.78, 5) is 16.7. The summed E-state index contributed by atoms with van der Waals surface area (Å²) in [5, 5.41) is 3.35. The minimum Gasteiger partial charge on any atom is -0.335 e. The molecule has 2 rings (SSSR count). The van der Waals surface area contributed by atoms with Crippen LogP contribution in [-0.4, -0.2) is 9.55 Å². The van der Waals surface area contributed by atoms with E-state index in [1.807, 2.05) is 32.0 Å². The molecule has 0 fully saturated rings. The van der Waals surface area contributed by atoms with Gasteiger partial charge in [0.1, 0.15) is 5.15 Å². The van der Waals surface area contributed by atoms with Crippen molar-refractivity contribution >= 4 is 55.0 Å². The summed E-state index contributed by atoms with van der Waals surface area (Å²) < 4.78 is 3.43. The van der Waals surface area contributed by atoms with Crippen LogP contribution in [0, 0.1) is 0 Å². The summed E-state index contributed by atoms with van der Waals surface area (Å²) in [6.45, 7) is 4.10. The third kappa shape index (κ3) is 3.91. The first-order valence-corrected chi connectivity index (χ1v) is 8.93. The zero-order valence-corrected chi connectivity index (χ0v) is 16.2. The summed E-state index contributed by atoms with van der Waals surface area (Å²) in [6, 6.07) is 5.75. The topological polar surface area (TPSA) is 46.9 Å². The number of aromatic nitrogens is 2. The Bertz CT molecular complexity index is 729. The lowest BCUT2D eigenvalue weighted by Gasteiger charge is -2.18. The molecule has 0 radical (unpaired) electrons. The number of nitrogens with zero attached hydrogens (tertiary/aromatic N) is 2. The Morgan fingerprint density at radius 1 is 1.32 bits per heavy atom. The van der Waals surface area contributed by atoms with Gasteiger partial charge in [-0.2, -0.15) is 0 Å². The van der Waals surface area contributed by atoms with E-state index in [9.17, 15) is 4.79 Å². The lowest BCUT2D eigenvalue weighted by atomic mass is 10.1. The van der Waals surface area contributed by atoms with Gasteiger partial charge in [0.25, 0.3) is 5.56 Å². The van der Waals surface area contributed by atoms with Crippen molar-refractivity contribution in [2.24, 2.45) is 0 Å². The van der Waals surface area contributed by atoms with Crippen molar-refractivity contribution < 1.29 is 0 Å². The van der Waals surface area contributed by atoms with Gasteiger partial charge in [0.2, 0.25) is 0 Å². The summed E-state index contributed by atoms with van der Waals surface area (Å²) >= 11 is 12.9. The van der Waals surface area contributed by atoms with E-state index < -0.39 is 0 Å². The first-order chi connectivity index (χ1) is 10.5. The van der Waals surface area contributed by atoms with E-state index in [4.69, 9.17) is 11.6 Å². The summed E-state index contributed by atoms with van der Waals surface area (Å²) in [5.74, 6) is 0.224. The number of hydrogen-bond acceptors (Lipinski definition) is 3. The maximum Gasteiger partial charge on any atom is 0.294 e. The number of anilines is 2. The summed E-state index contributed by atoms with van der Waals surface area (Å²) in [5.41, 5.74) is 0.582. The van der Waals surface area contributed by atoms with E-state index in [0.717, 1.165) is 27.5 Å². The third-order valence-corrected chi connectivity index (χ3v) is 4.75. The van der Waals surface area contributed by atoms with Gasteiger partial charge < -0.3 is 9.88 Å². The molecule has 1 aromatic carbocycles. The fourth-order valence-electron chi connectivity index (χ4n) is 2.23. The van der Waals surface area contributed by atoms with Crippen LogP contribution in [0.4, 0.5) is 11.5 Å². The van der Waals surface area contributed by atoms with Crippen LogP contribution in [0.25, 0.3) is 0 Å². The van der Waals surface area contributed by atoms with Gasteiger partial charge in [0, 0.05) is 21.2 Å². The summed E-state index contributed by atoms with van der Waals surface area (Å²) in [6.07, 6.45) is 3.32. The molecule has 0 aliphatic rings. The molecule has 0 aliphatic carbocycles. The van der Waals surface area contributed by atoms with Crippen LogP contribution >= 0.6 is 43.5 Å². The normalized spacial score (nSPS) is 11.0. The van der Waals surface area contributed by atoms with Crippen molar-refractivity contribution in [2.75, 3.05) is 5.32 Å². The molecule has 1 N–H and O–H groups in total. The molecule has 0 bridgehead atoms. The molecule has 1 heterocycles. The molecule has 7 heteroatoms. The molecule has 4 nitrogen and oxygen atoms in total. The lowest BCUT2D eigenvalue weighted by molar-refractivity contribution is 0.457. The number of benzene rings is 1. The Balaban J connectivity index is 2.45. The van der Waals surface area contributed by atoms with E-state index in [1.165, 1.54) is 0 Å². The number of hydrogen-bond donors (Lipinski definition) is 1. The van der Waals surface area contributed by atoms with Crippen LogP contribution in [0.5, 0.6) is 0 Å². The SMILES string of the molecule is CCC(CC)n1cc(Cl)nc(Nc2ccc(Br)cc2Br)c1=O. The average molecular weight is 450 g/mol. The highest BCUT2D eigenvalue weighted by molar-refractivity contribution is 9.11. The molecule has 0 atom stereocenters. The molecule has 1 aromatic heterocycles. The molecule has 2 aromatic rings. The van der Waals surface area contributed by atoms with E-state index in [0.29, 0.717) is 5.15 Å². The van der Waals surface area contributed by atoms with Gasteiger partial charge in [-0.05, 0) is 47.0 Å². The zero-order chi connectivity index (χ0) is 16.3. The quantitative estimate of drug-likeness (QED) is 0.653. The van der Waals surface area contributed by atoms with Crippen LogP contribution in [0.15, 0.2) is 38.1 Å². The standard InChI is InChI=1S/C15H16Br2ClN3O/c1-3-10(4-2)21-8-13(18)20-14(15(21)22)19-12-6-5-9(16)7-11(12)17/h5-8,10H,3-4H2,1-2H3,(H,19,20). The van der Waals surface area contributed by atoms with Crippen molar-refractivity contribution in [1.82, 2.24) is 9.55 Å². The first kappa shape index (κ1) is 17.5. The highest BCUT2D eigenvalue weighted by Crippen LogP contribution is 2.28. The second kappa shape index (κ2) is 7.62. The second-order valence-corrected chi connectivity index (χ2v) is 7.00. The van der Waals surface area contributed by atoms with Gasteiger partial charge in [-0.3, -0.25) is 4.79 Å². The molecule has 0 aliphatic heterocycles. The van der Waals surface area contributed by atoms with Crippen molar-refractivity contribution in [2.45, 2.75) is 32.7 Å². The Morgan fingerprint density at radius 3 is 2.59 bits per heavy atom. The molecule has 0 amide bonds. The van der Waals surface area contributed by atoms with Crippen molar-refractivity contribution in [1.29, 1.82) is 0 Å². The largest absolute Gasteiger partial charge is 0.335 e. The van der Waals surface area contributed by atoms with E-state index >= 15 is 0 Å². The highest BCUT2D eigenvalue weighted by atomic mass is 79.9. The molecule has 0 spiro atoms. The predicted octanol–water partition coefficient (Wildman–Crippen LogP) is 5.53. The number of rotatable bonds is 5. The van der Waals surface area contributed by atoms with Gasteiger partial charge in [-0.1, -0.05) is 41.4 Å². The maximum atomic E-state index is 12.6. The smallest absolute Gasteiger partial charge is 0.294 e. The average Bonchev–Trinajstić information content (AvgIpc) is 2.47. The van der Waals surface area contributed by atoms with Gasteiger partial charge in [0.05, 0.1) is 5.69 Å². The lowest BCUT2D eigenvalue weighted by Crippen LogP contribution is -2.27. The van der Waals surface area contributed by atoms with Crippen LogP contribution in [-0.2, 0) is 0 Å². The Morgan fingerprint density at radius 2 is 2.00 bits per heavy atom. The fourth-order valence-corrected chi connectivity index (χ4v) is 3.57. The third-order valence-electron chi connectivity index (χ3n) is 3.42. The Labute approximate surface area is 151 Å². The van der Waals surface area contributed by atoms with E-state index in [-0.39, 0.29) is 17.4 Å². The van der Waals surface area contributed by atoms with Crippen molar-refractivity contribution in [3.63, 3.8) is 0 Å². The fraction of sp³-hybridized carbons (Fsp3) is 0.333. The molecule has 0 unspecified atom stereocenters. The molecule has 0 saturated heterocycles. The highest BCUT2D eigenvalue weighted by Gasteiger charge is 2.14. The monoisotopic (exact) mass is 447 g/mol. The van der Waals surface area contributed by atoms with Crippen LogP contribution < -0.4 is 10.9 Å². The minimum absolute atomic E-state index is 0.113. The Hall–Kier alpha value is -0.850. The molecule has 22 heavy (non-hydrogen) atoms. The van der Waals surface area contributed by atoms with Crippen LogP contribution in [0.2, 0.25) is 5.15 Å². The Kier molecular flexibility index (Phi) is 6.06. The minimum atomic E-state index is -0.173. The van der Waals surface area contributed by atoms with Gasteiger partial charge in [-0.15, -0.1) is 0 Å². The number of halogens is 3. The predicted molar refractivity (Wildman–Crippen MR) is 98.3 cm³/mol. The van der Waals surface area contributed by atoms with Gasteiger partial charge in [0.15, 0.2) is 5.82 Å². The first-order valence-electron chi connectivity index (χ1n) is 6.97. The van der Waals surface area contributed by atoms with Crippen molar-refractivity contribution in [3.05, 3.63) is 48.8 Å². The maximum absolute atomic E-state index is 12.6. The van der Waals surface area contributed by atoms with Crippen LogP contribution in [0.3, 0.4) is 0 Å².